The molecule has 1 fully saturated rings. The molecule has 0 aliphatic carbocycles. The van der Waals surface area contributed by atoms with Crippen LogP contribution in [0.4, 0.5) is 11.5 Å². The molecule has 0 amide bonds. The van der Waals surface area contributed by atoms with Crippen LogP contribution >= 0.6 is 0 Å². The van der Waals surface area contributed by atoms with E-state index in [9.17, 15) is 15.2 Å². The maximum absolute atomic E-state index is 11.3. The van der Waals surface area contributed by atoms with Gasteiger partial charge in [-0.3, -0.25) is 10.1 Å². The summed E-state index contributed by atoms with van der Waals surface area (Å²) in [5.74, 6) is 0.483. The third-order valence-corrected chi connectivity index (χ3v) is 3.40. The Kier molecular flexibility index (Phi) is 4.56. The van der Waals surface area contributed by atoms with Crippen molar-refractivity contribution in [2.45, 2.75) is 32.9 Å². The number of aliphatic hydroxyl groups excluding tert-OH is 1. The summed E-state index contributed by atoms with van der Waals surface area (Å²) in [4.78, 5) is 12.8. The van der Waals surface area contributed by atoms with Crippen LogP contribution in [0.3, 0.4) is 0 Å². The van der Waals surface area contributed by atoms with Crippen LogP contribution in [0.15, 0.2) is 0 Å². The minimum absolute atomic E-state index is 0.0267. The molecular formula is C12H20N4O4. The molecular weight excluding hydrogens is 264 g/mol. The zero-order valence-corrected chi connectivity index (χ0v) is 11.8. The molecule has 2 rings (SSSR count). The van der Waals surface area contributed by atoms with E-state index in [1.807, 2.05) is 11.8 Å². The number of hydrogen-bond donors (Lipinski definition) is 1. The van der Waals surface area contributed by atoms with Gasteiger partial charge in [0.2, 0.25) is 5.82 Å². The van der Waals surface area contributed by atoms with Crippen molar-refractivity contribution in [3.05, 3.63) is 15.8 Å². The lowest BCUT2D eigenvalue weighted by Gasteiger charge is -2.35. The number of hydrogen-bond acceptors (Lipinski definition) is 6. The van der Waals surface area contributed by atoms with Crippen molar-refractivity contribution in [1.82, 2.24) is 9.78 Å². The maximum Gasteiger partial charge on any atom is 0.333 e. The number of aliphatic hydroxyl groups is 1. The fraction of sp³-hybridized carbons (Fsp3) is 0.750. The lowest BCUT2D eigenvalue weighted by Crippen LogP contribution is -2.48. The average Bonchev–Trinajstić information content (AvgIpc) is 2.75. The Morgan fingerprint density at radius 1 is 1.60 bits per heavy atom. The Bertz CT molecular complexity index is 488. The second-order valence-corrected chi connectivity index (χ2v) is 4.84. The molecule has 0 aromatic carbocycles. The highest BCUT2D eigenvalue weighted by atomic mass is 16.6. The van der Waals surface area contributed by atoms with Crippen molar-refractivity contribution in [3.8, 4) is 0 Å². The van der Waals surface area contributed by atoms with Gasteiger partial charge in [0.25, 0.3) is 0 Å². The van der Waals surface area contributed by atoms with Gasteiger partial charge in [0, 0.05) is 13.1 Å². The van der Waals surface area contributed by atoms with E-state index < -0.39 is 4.92 Å². The second kappa shape index (κ2) is 6.19. The Morgan fingerprint density at radius 2 is 2.35 bits per heavy atom. The summed E-state index contributed by atoms with van der Waals surface area (Å²) in [6.07, 6.45) is 0.833. The number of anilines is 1. The van der Waals surface area contributed by atoms with Gasteiger partial charge in [0.15, 0.2) is 0 Å². The number of morpholine rings is 1. The maximum atomic E-state index is 11.3. The highest BCUT2D eigenvalue weighted by Crippen LogP contribution is 2.33. The van der Waals surface area contributed by atoms with E-state index in [-0.39, 0.29) is 18.3 Å². The first kappa shape index (κ1) is 14.7. The van der Waals surface area contributed by atoms with Crippen molar-refractivity contribution in [2.75, 3.05) is 31.3 Å². The van der Waals surface area contributed by atoms with Gasteiger partial charge >= 0.3 is 5.69 Å². The zero-order valence-electron chi connectivity index (χ0n) is 11.8. The predicted octanol–water partition coefficient (Wildman–Crippen LogP) is 0.707. The van der Waals surface area contributed by atoms with E-state index in [1.165, 1.54) is 0 Å². The lowest BCUT2D eigenvalue weighted by molar-refractivity contribution is -0.384. The fourth-order valence-electron chi connectivity index (χ4n) is 2.51. The van der Waals surface area contributed by atoms with E-state index in [0.717, 1.165) is 6.42 Å². The van der Waals surface area contributed by atoms with E-state index in [0.29, 0.717) is 37.8 Å². The highest BCUT2D eigenvalue weighted by Gasteiger charge is 2.34. The predicted molar refractivity (Wildman–Crippen MR) is 72.9 cm³/mol. The van der Waals surface area contributed by atoms with Crippen molar-refractivity contribution in [2.24, 2.45) is 0 Å². The molecule has 1 aromatic heterocycles. The smallest absolute Gasteiger partial charge is 0.333 e. The van der Waals surface area contributed by atoms with Gasteiger partial charge in [-0.05, 0) is 13.3 Å². The van der Waals surface area contributed by atoms with Gasteiger partial charge in [-0.15, -0.1) is 0 Å². The molecule has 0 saturated carbocycles. The van der Waals surface area contributed by atoms with Gasteiger partial charge < -0.3 is 14.7 Å². The third kappa shape index (κ3) is 2.61. The van der Waals surface area contributed by atoms with Gasteiger partial charge in [-0.25, -0.2) is 4.68 Å². The van der Waals surface area contributed by atoms with Crippen LogP contribution in [0.25, 0.3) is 0 Å². The number of rotatable bonds is 5. The summed E-state index contributed by atoms with van der Waals surface area (Å²) < 4.78 is 7.00. The summed E-state index contributed by atoms with van der Waals surface area (Å²) in [5, 5.41) is 25.1. The van der Waals surface area contributed by atoms with Crippen LogP contribution in [-0.2, 0) is 11.3 Å². The zero-order chi connectivity index (χ0) is 14.7. The third-order valence-electron chi connectivity index (χ3n) is 3.40. The SMILES string of the molecule is CCCn1nc(C)c([N+](=O)[O-])c1N1CCOCC1CO. The number of ether oxygens (including phenoxy) is 1. The lowest BCUT2D eigenvalue weighted by atomic mass is 10.2. The van der Waals surface area contributed by atoms with Crippen LogP contribution in [0.1, 0.15) is 19.0 Å². The van der Waals surface area contributed by atoms with Crippen LogP contribution in [0.2, 0.25) is 0 Å². The minimum atomic E-state index is -0.395. The molecule has 1 aliphatic rings. The fourth-order valence-corrected chi connectivity index (χ4v) is 2.51. The van der Waals surface area contributed by atoms with Gasteiger partial charge in [-0.1, -0.05) is 6.92 Å². The molecule has 112 valence electrons. The molecule has 1 aliphatic heterocycles. The Hall–Kier alpha value is -1.67. The minimum Gasteiger partial charge on any atom is -0.394 e. The van der Waals surface area contributed by atoms with Gasteiger partial charge in [0.05, 0.1) is 30.8 Å². The van der Waals surface area contributed by atoms with E-state index in [2.05, 4.69) is 5.10 Å². The number of aryl methyl sites for hydroxylation is 2. The summed E-state index contributed by atoms with van der Waals surface area (Å²) in [6, 6.07) is -0.269. The average molecular weight is 284 g/mol. The van der Waals surface area contributed by atoms with E-state index >= 15 is 0 Å². The van der Waals surface area contributed by atoms with Crippen molar-refractivity contribution >= 4 is 11.5 Å². The van der Waals surface area contributed by atoms with Crippen LogP contribution < -0.4 is 4.90 Å². The summed E-state index contributed by atoms with van der Waals surface area (Å²) in [5.41, 5.74) is 0.431. The molecule has 8 nitrogen and oxygen atoms in total. The number of nitro groups is 1. The van der Waals surface area contributed by atoms with Gasteiger partial charge in [0.1, 0.15) is 5.69 Å². The largest absolute Gasteiger partial charge is 0.394 e. The van der Waals surface area contributed by atoms with E-state index in [4.69, 9.17) is 4.74 Å². The Labute approximate surface area is 117 Å². The topological polar surface area (TPSA) is 93.7 Å². The molecule has 1 unspecified atom stereocenters. The molecule has 1 atom stereocenters. The molecule has 20 heavy (non-hydrogen) atoms. The molecule has 0 radical (unpaired) electrons. The highest BCUT2D eigenvalue weighted by molar-refractivity contribution is 5.62. The number of aromatic nitrogens is 2. The molecule has 1 N–H and O–H groups in total. The normalized spacial score (nSPS) is 19.4. The molecule has 8 heteroatoms. The number of nitrogens with zero attached hydrogens (tertiary/aromatic N) is 4. The standard InChI is InChI=1S/C12H20N4O4/c1-3-4-15-12(11(16(18)19)9(2)13-15)14-5-6-20-8-10(14)7-17/h10,17H,3-8H2,1-2H3. The Balaban J connectivity index is 2.48. The van der Waals surface area contributed by atoms with Crippen LogP contribution in [0.5, 0.6) is 0 Å². The second-order valence-electron chi connectivity index (χ2n) is 4.84. The molecule has 1 aromatic rings. The summed E-state index contributed by atoms with van der Waals surface area (Å²) >= 11 is 0. The molecule has 0 bridgehead atoms. The molecule has 1 saturated heterocycles. The monoisotopic (exact) mass is 284 g/mol. The summed E-state index contributed by atoms with van der Waals surface area (Å²) in [7, 11) is 0. The van der Waals surface area contributed by atoms with Gasteiger partial charge in [-0.2, -0.15) is 5.10 Å². The Morgan fingerprint density at radius 3 is 2.95 bits per heavy atom. The van der Waals surface area contributed by atoms with Crippen molar-refractivity contribution < 1.29 is 14.8 Å². The van der Waals surface area contributed by atoms with Crippen LogP contribution in [0, 0.1) is 17.0 Å². The first-order valence-electron chi connectivity index (χ1n) is 6.77. The first-order valence-corrected chi connectivity index (χ1v) is 6.77. The molecule has 2 heterocycles. The van der Waals surface area contributed by atoms with E-state index in [1.54, 1.807) is 11.6 Å². The first-order chi connectivity index (χ1) is 9.60. The van der Waals surface area contributed by atoms with Crippen LogP contribution in [-0.4, -0.2) is 52.2 Å². The van der Waals surface area contributed by atoms with Crippen molar-refractivity contribution in [1.29, 1.82) is 0 Å². The quantitative estimate of drug-likeness (QED) is 0.632. The van der Waals surface area contributed by atoms with Crippen molar-refractivity contribution in [3.63, 3.8) is 0 Å². The summed E-state index contributed by atoms with van der Waals surface area (Å²) in [6.45, 7) is 5.51. The molecule has 0 spiro atoms.